The lowest BCUT2D eigenvalue weighted by atomic mass is 10.2. The molecule has 60 valence electrons. The van der Waals surface area contributed by atoms with Gasteiger partial charge < -0.3 is 5.32 Å². The minimum atomic E-state index is 0.479. The Morgan fingerprint density at radius 1 is 1.64 bits per heavy atom. The molecule has 1 aromatic rings. The molecule has 11 heavy (non-hydrogen) atoms. The standard InChI is InChI=1S/C7H10BrN3/c8-5-4-10-11-7(5)6-2-1-3-9-6/h4,6,9H,1-3H2,(H,10,11). The van der Waals surface area contributed by atoms with Gasteiger partial charge in [-0.2, -0.15) is 5.10 Å². The van der Waals surface area contributed by atoms with Crippen molar-refractivity contribution >= 4 is 15.9 Å². The van der Waals surface area contributed by atoms with Gasteiger partial charge >= 0.3 is 0 Å². The van der Waals surface area contributed by atoms with E-state index in [0.717, 1.165) is 11.0 Å². The number of nitrogens with zero attached hydrogens (tertiary/aromatic N) is 1. The third kappa shape index (κ3) is 1.32. The van der Waals surface area contributed by atoms with E-state index >= 15 is 0 Å². The fourth-order valence-corrected chi connectivity index (χ4v) is 1.92. The number of aromatic nitrogens is 2. The van der Waals surface area contributed by atoms with Crippen molar-refractivity contribution in [3.63, 3.8) is 0 Å². The summed E-state index contributed by atoms with van der Waals surface area (Å²) in [7, 11) is 0. The Hall–Kier alpha value is -0.350. The van der Waals surface area contributed by atoms with E-state index in [4.69, 9.17) is 0 Å². The van der Waals surface area contributed by atoms with Crippen LogP contribution in [0.3, 0.4) is 0 Å². The Kier molecular flexibility index (Phi) is 1.96. The summed E-state index contributed by atoms with van der Waals surface area (Å²) in [6.45, 7) is 1.12. The van der Waals surface area contributed by atoms with Gasteiger partial charge in [0.2, 0.25) is 0 Å². The lowest BCUT2D eigenvalue weighted by Crippen LogP contribution is -2.13. The second kappa shape index (κ2) is 2.95. The van der Waals surface area contributed by atoms with E-state index in [0.29, 0.717) is 6.04 Å². The Balaban J connectivity index is 2.21. The maximum atomic E-state index is 3.95. The Morgan fingerprint density at radius 3 is 3.09 bits per heavy atom. The van der Waals surface area contributed by atoms with Gasteiger partial charge in [-0.15, -0.1) is 0 Å². The summed E-state index contributed by atoms with van der Waals surface area (Å²) in [4.78, 5) is 0. The highest BCUT2D eigenvalue weighted by molar-refractivity contribution is 9.10. The Labute approximate surface area is 73.7 Å². The van der Waals surface area contributed by atoms with Crippen LogP contribution in [0.2, 0.25) is 0 Å². The third-order valence-corrected chi connectivity index (χ3v) is 2.66. The largest absolute Gasteiger partial charge is 0.309 e. The molecule has 0 aliphatic carbocycles. The fraction of sp³-hybridized carbons (Fsp3) is 0.571. The van der Waals surface area contributed by atoms with Crippen molar-refractivity contribution in [1.29, 1.82) is 0 Å². The van der Waals surface area contributed by atoms with Gasteiger partial charge in [-0.25, -0.2) is 0 Å². The number of H-pyrrole nitrogens is 1. The minimum absolute atomic E-state index is 0.479. The molecular weight excluding hydrogens is 206 g/mol. The van der Waals surface area contributed by atoms with Crippen LogP contribution in [0.4, 0.5) is 0 Å². The summed E-state index contributed by atoms with van der Waals surface area (Å²) >= 11 is 3.44. The SMILES string of the molecule is Brc1cn[nH]c1C1CCCN1. The van der Waals surface area contributed by atoms with Gasteiger partial charge in [-0.3, -0.25) is 5.10 Å². The Morgan fingerprint density at radius 2 is 2.55 bits per heavy atom. The smallest absolute Gasteiger partial charge is 0.0663 e. The molecule has 2 rings (SSSR count). The first kappa shape index (κ1) is 7.31. The molecule has 3 nitrogen and oxygen atoms in total. The third-order valence-electron chi connectivity index (χ3n) is 2.03. The van der Waals surface area contributed by atoms with Crippen molar-refractivity contribution in [2.24, 2.45) is 0 Å². The van der Waals surface area contributed by atoms with Crippen molar-refractivity contribution in [2.45, 2.75) is 18.9 Å². The molecule has 0 bridgehead atoms. The van der Waals surface area contributed by atoms with Crippen LogP contribution in [-0.2, 0) is 0 Å². The van der Waals surface area contributed by atoms with E-state index < -0.39 is 0 Å². The van der Waals surface area contributed by atoms with E-state index in [1.807, 2.05) is 0 Å². The van der Waals surface area contributed by atoms with Crippen LogP contribution >= 0.6 is 15.9 Å². The van der Waals surface area contributed by atoms with Crippen LogP contribution in [0.1, 0.15) is 24.6 Å². The Bertz CT molecular complexity index is 240. The highest BCUT2D eigenvalue weighted by atomic mass is 79.9. The molecule has 1 aromatic heterocycles. The molecule has 1 aliphatic heterocycles. The van der Waals surface area contributed by atoms with Crippen LogP contribution in [-0.4, -0.2) is 16.7 Å². The van der Waals surface area contributed by atoms with Crippen LogP contribution in [0.15, 0.2) is 10.7 Å². The maximum absolute atomic E-state index is 3.95. The summed E-state index contributed by atoms with van der Waals surface area (Å²) in [6.07, 6.45) is 4.27. The zero-order valence-corrected chi connectivity index (χ0v) is 7.69. The molecule has 1 saturated heterocycles. The number of hydrogen-bond donors (Lipinski definition) is 2. The molecule has 1 fully saturated rings. The zero-order valence-electron chi connectivity index (χ0n) is 6.10. The predicted molar refractivity (Wildman–Crippen MR) is 46.3 cm³/mol. The lowest BCUT2D eigenvalue weighted by molar-refractivity contribution is 0.623. The zero-order chi connectivity index (χ0) is 7.68. The summed E-state index contributed by atoms with van der Waals surface area (Å²) in [5, 5.41) is 10.3. The predicted octanol–water partition coefficient (Wildman–Crippen LogP) is 1.60. The van der Waals surface area contributed by atoms with Crippen LogP contribution < -0.4 is 5.32 Å². The van der Waals surface area contributed by atoms with Gasteiger partial charge in [0, 0.05) is 0 Å². The number of hydrogen-bond acceptors (Lipinski definition) is 2. The van der Waals surface area contributed by atoms with Crippen molar-refractivity contribution in [3.05, 3.63) is 16.4 Å². The van der Waals surface area contributed by atoms with E-state index in [1.54, 1.807) is 6.20 Å². The fourth-order valence-electron chi connectivity index (χ4n) is 1.46. The number of aromatic amines is 1. The van der Waals surface area contributed by atoms with Crippen molar-refractivity contribution in [1.82, 2.24) is 15.5 Å². The second-order valence-corrected chi connectivity index (χ2v) is 3.63. The molecule has 1 atom stereocenters. The molecular formula is C7H10BrN3. The lowest BCUT2D eigenvalue weighted by Gasteiger charge is -2.06. The molecule has 0 aromatic carbocycles. The molecule has 0 spiro atoms. The molecule has 0 amide bonds. The van der Waals surface area contributed by atoms with Crippen molar-refractivity contribution in [3.8, 4) is 0 Å². The second-order valence-electron chi connectivity index (χ2n) is 2.78. The topological polar surface area (TPSA) is 40.7 Å². The van der Waals surface area contributed by atoms with E-state index in [2.05, 4.69) is 31.4 Å². The summed E-state index contributed by atoms with van der Waals surface area (Å²) in [6, 6.07) is 0.479. The molecule has 2 N–H and O–H groups in total. The molecule has 4 heteroatoms. The highest BCUT2D eigenvalue weighted by Gasteiger charge is 2.19. The van der Waals surface area contributed by atoms with Gasteiger partial charge in [0.15, 0.2) is 0 Å². The number of rotatable bonds is 1. The van der Waals surface area contributed by atoms with E-state index in [9.17, 15) is 0 Å². The molecule has 2 heterocycles. The highest BCUT2D eigenvalue weighted by Crippen LogP contribution is 2.26. The van der Waals surface area contributed by atoms with Crippen LogP contribution in [0.5, 0.6) is 0 Å². The van der Waals surface area contributed by atoms with E-state index in [-0.39, 0.29) is 0 Å². The quantitative estimate of drug-likeness (QED) is 0.748. The summed E-state index contributed by atoms with van der Waals surface area (Å²) < 4.78 is 1.08. The number of nitrogens with one attached hydrogen (secondary N) is 2. The van der Waals surface area contributed by atoms with Crippen LogP contribution in [0, 0.1) is 0 Å². The van der Waals surface area contributed by atoms with E-state index in [1.165, 1.54) is 18.5 Å². The molecule has 1 unspecified atom stereocenters. The van der Waals surface area contributed by atoms with Gasteiger partial charge in [0.1, 0.15) is 0 Å². The molecule has 1 aliphatic rings. The molecule has 0 saturated carbocycles. The van der Waals surface area contributed by atoms with Gasteiger partial charge in [-0.1, -0.05) is 0 Å². The first-order valence-electron chi connectivity index (χ1n) is 3.80. The van der Waals surface area contributed by atoms with Gasteiger partial charge in [0.05, 0.1) is 22.4 Å². The first-order valence-corrected chi connectivity index (χ1v) is 4.59. The minimum Gasteiger partial charge on any atom is -0.309 e. The molecule has 0 radical (unpaired) electrons. The normalized spacial score (nSPS) is 24.3. The monoisotopic (exact) mass is 215 g/mol. The van der Waals surface area contributed by atoms with Gasteiger partial charge in [-0.05, 0) is 35.3 Å². The maximum Gasteiger partial charge on any atom is 0.0663 e. The average Bonchev–Trinajstić information content (AvgIpc) is 2.55. The van der Waals surface area contributed by atoms with Gasteiger partial charge in [0.25, 0.3) is 0 Å². The van der Waals surface area contributed by atoms with Crippen LogP contribution in [0.25, 0.3) is 0 Å². The average molecular weight is 216 g/mol. The summed E-state index contributed by atoms with van der Waals surface area (Å²) in [5.41, 5.74) is 1.18. The van der Waals surface area contributed by atoms with Crippen molar-refractivity contribution < 1.29 is 0 Å². The summed E-state index contributed by atoms with van der Waals surface area (Å²) in [5.74, 6) is 0. The van der Waals surface area contributed by atoms with Crippen molar-refractivity contribution in [2.75, 3.05) is 6.54 Å². The number of halogens is 1. The first-order chi connectivity index (χ1) is 5.38.